The summed E-state index contributed by atoms with van der Waals surface area (Å²) in [5.41, 5.74) is 0.868. The molecule has 3 aliphatic heterocycles. The van der Waals surface area contributed by atoms with E-state index in [1.54, 1.807) is 24.3 Å². The number of quaternary nitrogens is 1. The molecule has 3 aromatic carbocycles. The van der Waals surface area contributed by atoms with Gasteiger partial charge in [0.2, 0.25) is 0 Å². The molecule has 3 saturated heterocycles. The van der Waals surface area contributed by atoms with E-state index < -0.39 is 5.60 Å². The fourth-order valence-corrected chi connectivity index (χ4v) is 6.13. The van der Waals surface area contributed by atoms with Gasteiger partial charge in [-0.15, -0.1) is 0 Å². The molecule has 0 radical (unpaired) electrons. The van der Waals surface area contributed by atoms with Gasteiger partial charge < -0.3 is 31.3 Å². The quantitative estimate of drug-likeness (QED) is 0.349. The predicted molar refractivity (Wildman–Crippen MR) is 128 cm³/mol. The van der Waals surface area contributed by atoms with E-state index >= 15 is 0 Å². The normalized spacial score (nSPS) is 23.6. The Balaban J connectivity index is 0.00000289. The van der Waals surface area contributed by atoms with Gasteiger partial charge in [0.05, 0.1) is 32.8 Å². The maximum atomic E-state index is 13.7. The van der Waals surface area contributed by atoms with Gasteiger partial charge in [0, 0.05) is 24.7 Å². The van der Waals surface area contributed by atoms with Crippen LogP contribution >= 0.6 is 0 Å². The average molecular weight is 544 g/mol. The third-order valence-corrected chi connectivity index (χ3v) is 8.31. The highest BCUT2D eigenvalue weighted by atomic mass is 79.9. The van der Waals surface area contributed by atoms with Gasteiger partial charge in [-0.3, -0.25) is 0 Å². The second-order valence-electron chi connectivity index (χ2n) is 10.0. The smallest absolute Gasteiger partial charge is 0.123 e. The molecule has 6 heteroatoms. The van der Waals surface area contributed by atoms with Crippen LogP contribution in [0.2, 0.25) is 0 Å². The van der Waals surface area contributed by atoms with E-state index in [1.165, 1.54) is 29.8 Å². The largest absolute Gasteiger partial charge is 1.00 e. The van der Waals surface area contributed by atoms with Gasteiger partial charge in [-0.25, -0.2) is 8.78 Å². The minimum Gasteiger partial charge on any atom is -1.00 e. The van der Waals surface area contributed by atoms with Crippen molar-refractivity contribution in [2.45, 2.75) is 31.5 Å². The first kappa shape index (κ1) is 26.0. The van der Waals surface area contributed by atoms with E-state index in [9.17, 15) is 13.9 Å². The molecular formula is C29H32BrF2NO2. The third kappa shape index (κ3) is 4.94. The minimum absolute atomic E-state index is 0. The highest BCUT2D eigenvalue weighted by molar-refractivity contribution is 5.40. The predicted octanol–water partition coefficient (Wildman–Crippen LogP) is 2.42. The van der Waals surface area contributed by atoms with Gasteiger partial charge in [-0.2, -0.15) is 0 Å². The van der Waals surface area contributed by atoms with Crippen LogP contribution in [0.3, 0.4) is 0 Å². The highest BCUT2D eigenvalue weighted by Gasteiger charge is 2.60. The topological polar surface area (TPSA) is 29.5 Å². The molecule has 0 saturated carbocycles. The molecule has 3 aromatic rings. The number of halogens is 3. The van der Waals surface area contributed by atoms with Crippen molar-refractivity contribution in [1.29, 1.82) is 0 Å². The summed E-state index contributed by atoms with van der Waals surface area (Å²) in [5, 5.41) is 12.4. The van der Waals surface area contributed by atoms with Gasteiger partial charge >= 0.3 is 0 Å². The van der Waals surface area contributed by atoms with Crippen molar-refractivity contribution in [3.63, 3.8) is 0 Å². The third-order valence-electron chi connectivity index (χ3n) is 8.31. The number of piperidine rings is 3. The first-order valence-electron chi connectivity index (χ1n) is 12.2. The first-order valence-corrected chi connectivity index (χ1v) is 12.2. The highest BCUT2D eigenvalue weighted by Crippen LogP contribution is 2.57. The summed E-state index contributed by atoms with van der Waals surface area (Å²) in [6.07, 6.45) is 2.57. The molecule has 0 aliphatic carbocycles. The number of hydrogen-bond donors (Lipinski definition) is 1. The molecule has 3 fully saturated rings. The standard InChI is InChI=1S/C29H32F2NO2.BrH/c30-26-10-6-24(7-11-26)29(33,25-8-12-27(31)13-9-25)28-14-17-32(18-15-28,19-16-28)20-21-34-22-23-4-2-1-3-5-23;/h1-13,33H,14-22H2;1H/q+1;/p-1. The molecule has 35 heavy (non-hydrogen) atoms. The first-order chi connectivity index (χ1) is 16.4. The Bertz CT molecular complexity index is 1040. The number of ether oxygens (including phenoxy) is 1. The second kappa shape index (κ2) is 10.5. The van der Waals surface area contributed by atoms with Crippen LogP contribution in [0.25, 0.3) is 0 Å². The molecule has 0 aromatic heterocycles. The van der Waals surface area contributed by atoms with Crippen molar-refractivity contribution >= 4 is 0 Å². The lowest BCUT2D eigenvalue weighted by Crippen LogP contribution is -3.00. The van der Waals surface area contributed by atoms with Crippen LogP contribution in [0.5, 0.6) is 0 Å². The summed E-state index contributed by atoms with van der Waals surface area (Å²) in [7, 11) is 0. The molecule has 0 unspecified atom stereocenters. The van der Waals surface area contributed by atoms with E-state index in [1.807, 2.05) is 18.2 Å². The maximum absolute atomic E-state index is 13.7. The number of benzene rings is 3. The molecule has 0 atom stereocenters. The molecule has 3 heterocycles. The Morgan fingerprint density at radius 2 is 1.26 bits per heavy atom. The summed E-state index contributed by atoms with van der Waals surface area (Å²) < 4.78 is 34.4. The Hall–Kier alpha value is -2.12. The van der Waals surface area contributed by atoms with Gasteiger partial charge in [-0.1, -0.05) is 54.6 Å². The van der Waals surface area contributed by atoms with E-state index in [0.717, 1.165) is 49.9 Å². The number of hydrogen-bond acceptors (Lipinski definition) is 2. The van der Waals surface area contributed by atoms with Crippen molar-refractivity contribution in [3.05, 3.63) is 107 Å². The van der Waals surface area contributed by atoms with Gasteiger partial charge in [0.25, 0.3) is 0 Å². The van der Waals surface area contributed by atoms with Crippen molar-refractivity contribution < 1.29 is 40.1 Å². The van der Waals surface area contributed by atoms with Crippen LogP contribution in [0.15, 0.2) is 78.9 Å². The molecule has 1 N–H and O–H groups in total. The van der Waals surface area contributed by atoms with E-state index in [2.05, 4.69) is 12.1 Å². The van der Waals surface area contributed by atoms with Crippen LogP contribution in [0.1, 0.15) is 36.0 Å². The molecule has 3 aliphatic rings. The fraction of sp³-hybridized carbons (Fsp3) is 0.379. The molecule has 2 bridgehead atoms. The average Bonchev–Trinajstić information content (AvgIpc) is 2.89. The van der Waals surface area contributed by atoms with Gasteiger partial charge in [0.15, 0.2) is 0 Å². The lowest BCUT2D eigenvalue weighted by molar-refractivity contribution is -0.946. The molecule has 0 spiro atoms. The van der Waals surface area contributed by atoms with Crippen molar-refractivity contribution in [2.24, 2.45) is 5.41 Å². The van der Waals surface area contributed by atoms with Crippen molar-refractivity contribution in [1.82, 2.24) is 0 Å². The van der Waals surface area contributed by atoms with Crippen LogP contribution in [-0.2, 0) is 16.9 Å². The Morgan fingerprint density at radius 3 is 1.74 bits per heavy atom. The maximum Gasteiger partial charge on any atom is 0.123 e. The molecule has 6 rings (SSSR count). The number of aliphatic hydroxyl groups is 1. The lowest BCUT2D eigenvalue weighted by atomic mass is 9.56. The number of nitrogens with zero attached hydrogens (tertiary/aromatic N) is 1. The zero-order valence-electron chi connectivity index (χ0n) is 19.8. The number of fused-ring (bicyclic) bond motifs is 3. The fourth-order valence-electron chi connectivity index (χ4n) is 6.13. The summed E-state index contributed by atoms with van der Waals surface area (Å²) >= 11 is 0. The van der Waals surface area contributed by atoms with Crippen molar-refractivity contribution in [2.75, 3.05) is 32.8 Å². The summed E-state index contributed by atoms with van der Waals surface area (Å²) in [5.74, 6) is -0.664. The van der Waals surface area contributed by atoms with E-state index in [-0.39, 0.29) is 34.0 Å². The van der Waals surface area contributed by atoms with Gasteiger partial charge in [0.1, 0.15) is 23.8 Å². The number of rotatable bonds is 8. The molecule has 186 valence electrons. The zero-order valence-corrected chi connectivity index (χ0v) is 21.4. The van der Waals surface area contributed by atoms with Crippen molar-refractivity contribution in [3.8, 4) is 0 Å². The van der Waals surface area contributed by atoms with Gasteiger partial charge in [-0.05, 0) is 41.0 Å². The summed E-state index contributed by atoms with van der Waals surface area (Å²) in [4.78, 5) is 0. The Labute approximate surface area is 216 Å². The molecule has 0 amide bonds. The lowest BCUT2D eigenvalue weighted by Gasteiger charge is -2.60. The Morgan fingerprint density at radius 1 is 0.771 bits per heavy atom. The van der Waals surface area contributed by atoms with Crippen LogP contribution < -0.4 is 17.0 Å². The van der Waals surface area contributed by atoms with Crippen LogP contribution in [0.4, 0.5) is 8.78 Å². The Kier molecular flexibility index (Phi) is 7.77. The van der Waals surface area contributed by atoms with E-state index in [4.69, 9.17) is 4.74 Å². The molecular weight excluding hydrogens is 512 g/mol. The van der Waals surface area contributed by atoms with E-state index in [0.29, 0.717) is 24.3 Å². The summed E-state index contributed by atoms with van der Waals surface area (Å²) in [6, 6.07) is 22.5. The zero-order chi connectivity index (χ0) is 23.7. The molecule has 3 nitrogen and oxygen atoms in total. The van der Waals surface area contributed by atoms with Crippen LogP contribution in [-0.4, -0.2) is 42.4 Å². The monoisotopic (exact) mass is 543 g/mol. The minimum atomic E-state index is -1.30. The second-order valence-corrected chi connectivity index (χ2v) is 10.0. The SMILES string of the molecule is OC(c1ccc(F)cc1)(c1ccc(F)cc1)C12CC[N+](CCOCc3ccccc3)(CC1)CC2.[Br-]. The summed E-state index contributed by atoms with van der Waals surface area (Å²) in [6.45, 7) is 5.22. The van der Waals surface area contributed by atoms with Crippen LogP contribution in [0, 0.1) is 17.0 Å².